The van der Waals surface area contributed by atoms with Crippen molar-refractivity contribution in [2.24, 2.45) is 0 Å². The summed E-state index contributed by atoms with van der Waals surface area (Å²) in [5.74, 6) is 0.452. The summed E-state index contributed by atoms with van der Waals surface area (Å²) >= 11 is 15.8. The Morgan fingerprint density at radius 2 is 1.67 bits per heavy atom. The van der Waals surface area contributed by atoms with Gasteiger partial charge in [-0.15, -0.1) is 0 Å². The molecule has 0 atom stereocenters. The second kappa shape index (κ2) is 7.63. The molecule has 2 aromatic carbocycles. The van der Waals surface area contributed by atoms with Crippen molar-refractivity contribution in [3.8, 4) is 11.5 Å². The average Bonchev–Trinajstić information content (AvgIpc) is 2.41. The summed E-state index contributed by atoms with van der Waals surface area (Å²) in [6, 6.07) is 10.3. The number of rotatable bonds is 4. The molecule has 0 saturated heterocycles. The molecule has 0 aromatic heterocycles. The van der Waals surface area contributed by atoms with Gasteiger partial charge in [0.05, 0.1) is 8.95 Å². The lowest BCUT2D eigenvalue weighted by Crippen LogP contribution is -2.18. The number of hydrogen-bond acceptors (Lipinski definition) is 3. The minimum Gasteiger partial charge on any atom is -0.481 e. The second-order valence-electron chi connectivity index (χ2n) is 3.91. The van der Waals surface area contributed by atoms with Crippen LogP contribution in [0, 0.1) is 0 Å². The minimum absolute atomic E-state index is 0.206. The van der Waals surface area contributed by atoms with E-state index in [-0.39, 0.29) is 6.61 Å². The van der Waals surface area contributed by atoms with E-state index in [1.165, 1.54) is 0 Å². The SMILES string of the molecule is O=C(COc1ccc(Cl)cc1Br)Oc1ccc(Br)cc1Br. The van der Waals surface area contributed by atoms with Gasteiger partial charge in [-0.3, -0.25) is 0 Å². The molecule has 0 radical (unpaired) electrons. The highest BCUT2D eigenvalue weighted by Crippen LogP contribution is 2.29. The molecular formula is C14H8Br3ClO3. The van der Waals surface area contributed by atoms with Crippen LogP contribution in [0.4, 0.5) is 0 Å². The highest BCUT2D eigenvalue weighted by molar-refractivity contribution is 9.11. The fourth-order valence-corrected chi connectivity index (χ4v) is 3.36. The minimum atomic E-state index is -0.500. The highest BCUT2D eigenvalue weighted by Gasteiger charge is 2.10. The molecule has 0 spiro atoms. The molecule has 21 heavy (non-hydrogen) atoms. The lowest BCUT2D eigenvalue weighted by Gasteiger charge is -2.09. The third-order valence-corrected chi connectivity index (χ3v) is 4.32. The summed E-state index contributed by atoms with van der Waals surface area (Å²) in [4.78, 5) is 11.8. The number of esters is 1. The number of halogens is 4. The summed E-state index contributed by atoms with van der Waals surface area (Å²) in [6.07, 6.45) is 0. The first-order valence-corrected chi connectivity index (χ1v) is 8.45. The number of benzene rings is 2. The predicted octanol–water partition coefficient (Wildman–Crippen LogP) is 5.61. The topological polar surface area (TPSA) is 35.5 Å². The van der Waals surface area contributed by atoms with E-state index in [2.05, 4.69) is 47.8 Å². The summed E-state index contributed by atoms with van der Waals surface area (Å²) in [5.41, 5.74) is 0. The fraction of sp³-hybridized carbons (Fsp3) is 0.0714. The lowest BCUT2D eigenvalue weighted by atomic mass is 10.3. The Bertz CT molecular complexity index is 677. The molecule has 0 heterocycles. The van der Waals surface area contributed by atoms with Gasteiger partial charge in [-0.05, 0) is 68.3 Å². The van der Waals surface area contributed by atoms with Gasteiger partial charge in [0.2, 0.25) is 0 Å². The van der Waals surface area contributed by atoms with Crippen molar-refractivity contribution in [3.05, 3.63) is 54.8 Å². The van der Waals surface area contributed by atoms with Gasteiger partial charge in [0, 0.05) is 9.50 Å². The van der Waals surface area contributed by atoms with E-state index in [0.717, 1.165) is 4.47 Å². The molecule has 0 aliphatic heterocycles. The number of carbonyl (C=O) groups is 1. The lowest BCUT2D eigenvalue weighted by molar-refractivity contribution is -0.136. The molecule has 7 heteroatoms. The zero-order valence-corrected chi connectivity index (χ0v) is 15.9. The average molecular weight is 499 g/mol. The van der Waals surface area contributed by atoms with Gasteiger partial charge in [-0.2, -0.15) is 0 Å². The number of ether oxygens (including phenoxy) is 2. The Morgan fingerprint density at radius 1 is 1.00 bits per heavy atom. The maximum Gasteiger partial charge on any atom is 0.349 e. The van der Waals surface area contributed by atoms with Gasteiger partial charge in [0.1, 0.15) is 11.5 Å². The van der Waals surface area contributed by atoms with Gasteiger partial charge in [0.25, 0.3) is 0 Å². The highest BCUT2D eigenvalue weighted by atomic mass is 79.9. The molecule has 0 saturated carbocycles. The standard InChI is InChI=1S/C14H8Br3ClO3/c15-8-1-3-13(10(16)5-8)21-14(19)7-20-12-4-2-9(18)6-11(12)17/h1-6H,7H2. The van der Waals surface area contributed by atoms with Gasteiger partial charge in [-0.1, -0.05) is 27.5 Å². The first-order chi connectivity index (χ1) is 9.95. The fourth-order valence-electron chi connectivity index (χ4n) is 1.44. The van der Waals surface area contributed by atoms with Crippen LogP contribution in [0.3, 0.4) is 0 Å². The predicted molar refractivity (Wildman–Crippen MR) is 92.1 cm³/mol. The van der Waals surface area contributed by atoms with Gasteiger partial charge < -0.3 is 9.47 Å². The van der Waals surface area contributed by atoms with E-state index in [1.54, 1.807) is 36.4 Å². The van der Waals surface area contributed by atoms with Crippen molar-refractivity contribution in [1.29, 1.82) is 0 Å². The van der Waals surface area contributed by atoms with Gasteiger partial charge in [-0.25, -0.2) is 4.79 Å². The van der Waals surface area contributed by atoms with Crippen molar-refractivity contribution in [3.63, 3.8) is 0 Å². The summed E-state index contributed by atoms with van der Waals surface area (Å²) in [7, 11) is 0. The van der Waals surface area contributed by atoms with Gasteiger partial charge >= 0.3 is 5.97 Å². The second-order valence-corrected chi connectivity index (χ2v) is 6.97. The van der Waals surface area contributed by atoms with Crippen LogP contribution < -0.4 is 9.47 Å². The molecule has 0 amide bonds. The van der Waals surface area contributed by atoms with Crippen LogP contribution in [0.15, 0.2) is 49.8 Å². The Balaban J connectivity index is 1.96. The summed E-state index contributed by atoms with van der Waals surface area (Å²) in [5, 5.41) is 0.579. The van der Waals surface area contributed by atoms with Crippen LogP contribution in [0.25, 0.3) is 0 Å². The number of carbonyl (C=O) groups excluding carboxylic acids is 1. The van der Waals surface area contributed by atoms with Crippen LogP contribution in [-0.2, 0) is 4.79 Å². The molecule has 110 valence electrons. The van der Waals surface area contributed by atoms with Crippen LogP contribution in [-0.4, -0.2) is 12.6 Å². The van der Waals surface area contributed by atoms with E-state index < -0.39 is 5.97 Å². The molecule has 0 aliphatic carbocycles. The quantitative estimate of drug-likeness (QED) is 0.405. The van der Waals surface area contributed by atoms with Crippen molar-refractivity contribution >= 4 is 65.4 Å². The normalized spacial score (nSPS) is 10.3. The van der Waals surface area contributed by atoms with Crippen molar-refractivity contribution in [2.75, 3.05) is 6.61 Å². The smallest absolute Gasteiger partial charge is 0.349 e. The Morgan fingerprint density at radius 3 is 2.33 bits per heavy atom. The summed E-state index contributed by atoms with van der Waals surface area (Å²) in [6.45, 7) is -0.206. The first-order valence-electron chi connectivity index (χ1n) is 5.69. The van der Waals surface area contributed by atoms with Crippen LogP contribution >= 0.6 is 59.4 Å². The molecule has 0 fully saturated rings. The van der Waals surface area contributed by atoms with Crippen molar-refractivity contribution in [2.45, 2.75) is 0 Å². The maximum atomic E-state index is 11.8. The summed E-state index contributed by atoms with van der Waals surface area (Å²) < 4.78 is 12.8. The maximum absolute atomic E-state index is 11.8. The molecule has 0 unspecified atom stereocenters. The van der Waals surface area contributed by atoms with Crippen molar-refractivity contribution < 1.29 is 14.3 Å². The van der Waals surface area contributed by atoms with E-state index in [9.17, 15) is 4.79 Å². The van der Waals surface area contributed by atoms with Crippen LogP contribution in [0.1, 0.15) is 0 Å². The third-order valence-electron chi connectivity index (χ3n) is 2.36. The molecule has 2 aromatic rings. The first kappa shape index (κ1) is 16.8. The molecule has 0 N–H and O–H groups in total. The van der Waals surface area contributed by atoms with E-state index >= 15 is 0 Å². The van der Waals surface area contributed by atoms with E-state index in [4.69, 9.17) is 21.1 Å². The molecular weight excluding hydrogens is 491 g/mol. The van der Waals surface area contributed by atoms with Crippen LogP contribution in [0.5, 0.6) is 11.5 Å². The molecule has 0 bridgehead atoms. The molecule has 2 rings (SSSR count). The van der Waals surface area contributed by atoms with E-state index in [0.29, 0.717) is 25.5 Å². The third kappa shape index (κ3) is 4.98. The van der Waals surface area contributed by atoms with Crippen molar-refractivity contribution in [1.82, 2.24) is 0 Å². The Labute approximate surface area is 152 Å². The van der Waals surface area contributed by atoms with Crippen LogP contribution in [0.2, 0.25) is 5.02 Å². The largest absolute Gasteiger partial charge is 0.481 e. The zero-order chi connectivity index (χ0) is 15.4. The van der Waals surface area contributed by atoms with E-state index in [1.807, 2.05) is 0 Å². The zero-order valence-electron chi connectivity index (χ0n) is 10.4. The molecule has 3 nitrogen and oxygen atoms in total. The molecule has 0 aliphatic rings. The van der Waals surface area contributed by atoms with Gasteiger partial charge in [0.15, 0.2) is 6.61 Å². The number of hydrogen-bond donors (Lipinski definition) is 0. The Hall–Kier alpha value is -0.560. The monoisotopic (exact) mass is 496 g/mol. The Kier molecular flexibility index (Phi) is 6.10.